The number of rotatable bonds is 6. The topological polar surface area (TPSA) is 58.4 Å². The normalized spacial score (nSPS) is 12.0. The van der Waals surface area contributed by atoms with E-state index in [1.54, 1.807) is 12.3 Å². The molecule has 3 heterocycles. The van der Waals surface area contributed by atoms with E-state index in [2.05, 4.69) is 41.0 Å². The lowest BCUT2D eigenvalue weighted by Crippen LogP contribution is -2.20. The Morgan fingerprint density at radius 3 is 2.52 bits per heavy atom. The van der Waals surface area contributed by atoms with E-state index in [0.717, 1.165) is 18.2 Å². The Labute approximate surface area is 192 Å². The van der Waals surface area contributed by atoms with Gasteiger partial charge in [0.05, 0.1) is 11.4 Å². The van der Waals surface area contributed by atoms with Crippen LogP contribution >= 0.6 is 0 Å². The SMILES string of the molecule is CN(C)Cc1ccn2c(-c3ccnc(NCC(C)(C)C)n3)c(-c3ccc(F)cc3F)nc2c1. The molecule has 33 heavy (non-hydrogen) atoms. The molecule has 6 nitrogen and oxygen atoms in total. The molecule has 172 valence electrons. The van der Waals surface area contributed by atoms with Gasteiger partial charge in [-0.3, -0.25) is 4.40 Å². The van der Waals surface area contributed by atoms with Crippen LogP contribution in [0.2, 0.25) is 0 Å². The minimum atomic E-state index is -0.673. The first kappa shape index (κ1) is 22.8. The Hall–Kier alpha value is -3.39. The fourth-order valence-electron chi connectivity index (χ4n) is 3.58. The highest BCUT2D eigenvalue weighted by Gasteiger charge is 2.21. The molecule has 0 aliphatic rings. The van der Waals surface area contributed by atoms with Crippen molar-refractivity contribution in [2.24, 2.45) is 5.41 Å². The number of pyridine rings is 1. The Morgan fingerprint density at radius 1 is 1.03 bits per heavy atom. The molecule has 0 spiro atoms. The Balaban J connectivity index is 1.88. The van der Waals surface area contributed by atoms with Gasteiger partial charge in [0, 0.05) is 37.1 Å². The van der Waals surface area contributed by atoms with Crippen molar-refractivity contribution in [1.29, 1.82) is 0 Å². The van der Waals surface area contributed by atoms with Gasteiger partial charge in [0.15, 0.2) is 0 Å². The smallest absolute Gasteiger partial charge is 0.223 e. The van der Waals surface area contributed by atoms with Crippen LogP contribution in [0.25, 0.3) is 28.3 Å². The van der Waals surface area contributed by atoms with Gasteiger partial charge < -0.3 is 10.2 Å². The van der Waals surface area contributed by atoms with Gasteiger partial charge in [0.1, 0.15) is 23.0 Å². The van der Waals surface area contributed by atoms with Crippen molar-refractivity contribution in [3.8, 4) is 22.6 Å². The average Bonchev–Trinajstić information content (AvgIpc) is 3.10. The fourth-order valence-corrected chi connectivity index (χ4v) is 3.58. The van der Waals surface area contributed by atoms with Gasteiger partial charge in [-0.25, -0.2) is 23.7 Å². The van der Waals surface area contributed by atoms with E-state index in [0.29, 0.717) is 35.2 Å². The van der Waals surface area contributed by atoms with Gasteiger partial charge in [-0.05, 0) is 55.4 Å². The van der Waals surface area contributed by atoms with Crippen LogP contribution in [0.1, 0.15) is 26.3 Å². The third-order valence-corrected chi connectivity index (χ3v) is 5.05. The van der Waals surface area contributed by atoms with Crippen LogP contribution in [0.4, 0.5) is 14.7 Å². The van der Waals surface area contributed by atoms with E-state index >= 15 is 0 Å². The maximum Gasteiger partial charge on any atom is 0.223 e. The first-order chi connectivity index (χ1) is 15.6. The van der Waals surface area contributed by atoms with E-state index in [-0.39, 0.29) is 11.0 Å². The minimum Gasteiger partial charge on any atom is -0.354 e. The van der Waals surface area contributed by atoms with E-state index < -0.39 is 11.6 Å². The Morgan fingerprint density at radius 2 is 1.82 bits per heavy atom. The summed E-state index contributed by atoms with van der Waals surface area (Å²) in [6, 6.07) is 9.26. The molecule has 1 aromatic carbocycles. The van der Waals surface area contributed by atoms with Crippen LogP contribution in [0.3, 0.4) is 0 Å². The molecule has 0 saturated carbocycles. The maximum absolute atomic E-state index is 14.8. The highest BCUT2D eigenvalue weighted by atomic mass is 19.1. The summed E-state index contributed by atoms with van der Waals surface area (Å²) in [6.45, 7) is 7.80. The van der Waals surface area contributed by atoms with Crippen molar-refractivity contribution >= 4 is 11.6 Å². The number of imidazole rings is 1. The number of nitrogens with zero attached hydrogens (tertiary/aromatic N) is 5. The minimum absolute atomic E-state index is 0.0495. The lowest BCUT2D eigenvalue weighted by Gasteiger charge is -2.18. The number of nitrogens with one attached hydrogen (secondary N) is 1. The Kier molecular flexibility index (Phi) is 6.12. The second kappa shape index (κ2) is 8.86. The van der Waals surface area contributed by atoms with Gasteiger partial charge >= 0.3 is 0 Å². The van der Waals surface area contributed by atoms with E-state index in [9.17, 15) is 8.78 Å². The molecule has 1 N–H and O–H groups in total. The number of fused-ring (bicyclic) bond motifs is 1. The van der Waals surface area contributed by atoms with Crippen molar-refractivity contribution in [2.45, 2.75) is 27.3 Å². The number of halogens is 2. The molecular weight excluding hydrogens is 422 g/mol. The lowest BCUT2D eigenvalue weighted by atomic mass is 9.97. The number of aromatic nitrogens is 4. The fraction of sp³-hybridized carbons (Fsp3) is 0.320. The summed E-state index contributed by atoms with van der Waals surface area (Å²) < 4.78 is 30.3. The van der Waals surface area contributed by atoms with E-state index in [1.165, 1.54) is 12.1 Å². The predicted molar refractivity (Wildman–Crippen MR) is 127 cm³/mol. The molecule has 8 heteroatoms. The van der Waals surface area contributed by atoms with Crippen molar-refractivity contribution in [3.63, 3.8) is 0 Å². The van der Waals surface area contributed by atoms with Crippen LogP contribution in [0.15, 0.2) is 48.8 Å². The first-order valence-electron chi connectivity index (χ1n) is 10.8. The second-order valence-corrected chi connectivity index (χ2v) is 9.61. The zero-order valence-corrected chi connectivity index (χ0v) is 19.5. The molecule has 4 aromatic rings. The molecule has 0 atom stereocenters. The zero-order chi connectivity index (χ0) is 23.8. The second-order valence-electron chi connectivity index (χ2n) is 9.61. The molecule has 0 aliphatic heterocycles. The highest BCUT2D eigenvalue weighted by molar-refractivity contribution is 5.81. The molecule has 0 aliphatic carbocycles. The molecular formula is C25H28F2N6. The van der Waals surface area contributed by atoms with Crippen molar-refractivity contribution < 1.29 is 8.78 Å². The summed E-state index contributed by atoms with van der Waals surface area (Å²) in [5, 5.41) is 3.26. The van der Waals surface area contributed by atoms with Gasteiger partial charge in [-0.1, -0.05) is 20.8 Å². The van der Waals surface area contributed by atoms with Crippen LogP contribution in [0.5, 0.6) is 0 Å². The van der Waals surface area contributed by atoms with Crippen molar-refractivity contribution in [3.05, 3.63) is 66.0 Å². The quantitative estimate of drug-likeness (QED) is 0.434. The van der Waals surface area contributed by atoms with Gasteiger partial charge in [0.2, 0.25) is 5.95 Å². The zero-order valence-electron chi connectivity index (χ0n) is 19.5. The van der Waals surface area contributed by atoms with Crippen molar-refractivity contribution in [1.82, 2.24) is 24.3 Å². The number of benzene rings is 1. The summed E-state index contributed by atoms with van der Waals surface area (Å²) in [6.07, 6.45) is 3.57. The predicted octanol–water partition coefficient (Wildman–Crippen LogP) is 5.26. The van der Waals surface area contributed by atoms with Crippen LogP contribution in [0, 0.1) is 17.0 Å². The van der Waals surface area contributed by atoms with E-state index in [1.807, 2.05) is 36.8 Å². The third kappa shape index (κ3) is 5.17. The van der Waals surface area contributed by atoms with Crippen LogP contribution in [-0.2, 0) is 6.54 Å². The third-order valence-electron chi connectivity index (χ3n) is 5.05. The standard InChI is InChI=1S/C25H28F2N6/c1-25(2,3)15-29-24-28-10-8-20(30-24)23-22(18-7-6-17(26)13-19(18)27)31-21-12-16(14-32(4)5)9-11-33(21)23/h6-13H,14-15H2,1-5H3,(H,28,29,30). The van der Waals surface area contributed by atoms with Gasteiger partial charge in [-0.15, -0.1) is 0 Å². The molecule has 4 rings (SSSR count). The summed E-state index contributed by atoms with van der Waals surface area (Å²) in [4.78, 5) is 15.8. The number of hydrogen-bond acceptors (Lipinski definition) is 5. The summed E-state index contributed by atoms with van der Waals surface area (Å²) >= 11 is 0. The maximum atomic E-state index is 14.8. The highest BCUT2D eigenvalue weighted by Crippen LogP contribution is 2.34. The van der Waals surface area contributed by atoms with Crippen LogP contribution < -0.4 is 5.32 Å². The van der Waals surface area contributed by atoms with Crippen LogP contribution in [-0.4, -0.2) is 44.9 Å². The van der Waals surface area contributed by atoms with Gasteiger partial charge in [0.25, 0.3) is 0 Å². The summed E-state index contributed by atoms with van der Waals surface area (Å²) in [7, 11) is 3.99. The monoisotopic (exact) mass is 450 g/mol. The number of hydrogen-bond donors (Lipinski definition) is 1. The molecule has 0 fully saturated rings. The number of anilines is 1. The molecule has 0 bridgehead atoms. The molecule has 0 unspecified atom stereocenters. The molecule has 0 radical (unpaired) electrons. The average molecular weight is 451 g/mol. The Bertz CT molecular complexity index is 1290. The van der Waals surface area contributed by atoms with Gasteiger partial charge in [-0.2, -0.15) is 0 Å². The largest absolute Gasteiger partial charge is 0.354 e. The first-order valence-corrected chi connectivity index (χ1v) is 10.8. The lowest BCUT2D eigenvalue weighted by molar-refractivity contribution is 0.402. The molecule has 0 amide bonds. The molecule has 3 aromatic heterocycles. The van der Waals surface area contributed by atoms with Crippen molar-refractivity contribution in [2.75, 3.05) is 26.0 Å². The van der Waals surface area contributed by atoms with E-state index in [4.69, 9.17) is 4.98 Å². The summed E-state index contributed by atoms with van der Waals surface area (Å²) in [5.74, 6) is -0.828. The molecule has 0 saturated heterocycles. The summed E-state index contributed by atoms with van der Waals surface area (Å²) in [5.41, 5.74) is 3.60.